The molecule has 0 aromatic carbocycles. The van der Waals surface area contributed by atoms with Crippen LogP contribution in [0.4, 0.5) is 40.8 Å². The number of alkyl halides is 8. The number of nitrogens with zero attached hydrogens (tertiary/aromatic N) is 8. The lowest BCUT2D eigenvalue weighted by molar-refractivity contribution is -0.142. The van der Waals surface area contributed by atoms with Crippen molar-refractivity contribution in [3.05, 3.63) is 88.5 Å². The summed E-state index contributed by atoms with van der Waals surface area (Å²) in [6.45, 7) is 6.88. The molecule has 0 saturated heterocycles. The lowest BCUT2D eigenvalue weighted by Crippen LogP contribution is -2.20. The van der Waals surface area contributed by atoms with Gasteiger partial charge in [0.05, 0.1) is 12.8 Å². The second kappa shape index (κ2) is 8.66. The Morgan fingerprint density at radius 1 is 0.757 bits per heavy atom. The second-order valence-corrected chi connectivity index (χ2v) is 7.20. The quantitative estimate of drug-likeness (QED) is 0.262. The minimum Gasteiger partial charge on any atom is -0.234 e. The summed E-state index contributed by atoms with van der Waals surface area (Å²) < 4.78 is 110. The highest BCUT2D eigenvalue weighted by Gasteiger charge is 2.40. The van der Waals surface area contributed by atoms with Gasteiger partial charge >= 0.3 is 18.3 Å². The summed E-state index contributed by atoms with van der Waals surface area (Å²) in [6, 6.07) is 7.29. The van der Waals surface area contributed by atoms with E-state index in [0.717, 1.165) is 36.4 Å². The van der Waals surface area contributed by atoms with Gasteiger partial charge in [0, 0.05) is 6.20 Å². The van der Waals surface area contributed by atoms with Gasteiger partial charge in [-0.15, -0.1) is 0 Å². The minimum absolute atomic E-state index is 0.464. The van der Waals surface area contributed by atoms with E-state index in [2.05, 4.69) is 25.0 Å². The number of aromatic nitrogens is 6. The van der Waals surface area contributed by atoms with E-state index < -0.39 is 63.9 Å². The van der Waals surface area contributed by atoms with Gasteiger partial charge in [-0.2, -0.15) is 50.6 Å². The molecule has 188 valence electrons. The summed E-state index contributed by atoms with van der Waals surface area (Å²) in [4.78, 5) is 10.0. The highest BCUT2D eigenvalue weighted by Crippen LogP contribution is 2.37. The Bertz CT molecular complexity index is 1450. The van der Waals surface area contributed by atoms with Crippen LogP contribution in [0, 0.1) is 17.9 Å². The molecular weight excluding hydrogens is 516 g/mol. The maximum Gasteiger partial charge on any atom is 0.436 e. The Balaban J connectivity index is 1.74. The van der Waals surface area contributed by atoms with Gasteiger partial charge in [-0.05, 0) is 24.3 Å². The standard InChI is InChI=1S/C21H8F8N8/c1-31-12-10-37(35-18(12)21(27,28)29)16-7-3-5-14(33-16)19(22,23)13-4-2-6-15(32-13)36-9-11(8-30)17(34-36)20(24,25)26/h2-7,9-10H. The molecule has 0 bridgehead atoms. The maximum atomic E-state index is 15.3. The molecule has 0 aliphatic rings. The average molecular weight is 524 g/mol. The van der Waals surface area contributed by atoms with Gasteiger partial charge in [-0.25, -0.2) is 24.2 Å². The van der Waals surface area contributed by atoms with Crippen LogP contribution >= 0.6 is 0 Å². The van der Waals surface area contributed by atoms with E-state index in [-0.39, 0.29) is 0 Å². The van der Waals surface area contributed by atoms with E-state index in [1.807, 2.05) is 0 Å². The Hall–Kier alpha value is -4.86. The number of rotatable bonds is 4. The Kier molecular flexibility index (Phi) is 5.91. The molecule has 4 aromatic rings. The predicted octanol–water partition coefficient (Wildman–Crippen LogP) is 5.45. The van der Waals surface area contributed by atoms with Crippen LogP contribution in [0.1, 0.15) is 28.3 Å². The normalized spacial score (nSPS) is 12.3. The van der Waals surface area contributed by atoms with Crippen molar-refractivity contribution in [2.45, 2.75) is 18.3 Å². The van der Waals surface area contributed by atoms with Gasteiger partial charge in [0.25, 0.3) is 0 Å². The van der Waals surface area contributed by atoms with Crippen molar-refractivity contribution in [2.75, 3.05) is 0 Å². The highest BCUT2D eigenvalue weighted by molar-refractivity contribution is 5.50. The summed E-state index contributed by atoms with van der Waals surface area (Å²) in [6.07, 6.45) is -8.59. The molecule has 0 radical (unpaired) electrons. The molecule has 0 atom stereocenters. The van der Waals surface area contributed by atoms with E-state index in [4.69, 9.17) is 11.8 Å². The van der Waals surface area contributed by atoms with Crippen LogP contribution in [0.2, 0.25) is 0 Å². The third kappa shape index (κ3) is 4.68. The van der Waals surface area contributed by atoms with Crippen LogP contribution in [0.15, 0.2) is 48.8 Å². The first-order chi connectivity index (χ1) is 17.3. The molecule has 37 heavy (non-hydrogen) atoms. The molecule has 8 nitrogen and oxygen atoms in total. The minimum atomic E-state index is -4.98. The fraction of sp³-hybridized carbons (Fsp3) is 0.143. The van der Waals surface area contributed by atoms with Crippen molar-refractivity contribution in [1.29, 1.82) is 5.26 Å². The highest BCUT2D eigenvalue weighted by atomic mass is 19.4. The molecule has 0 aliphatic heterocycles. The molecule has 0 fully saturated rings. The number of pyridine rings is 2. The van der Waals surface area contributed by atoms with Gasteiger partial charge in [-0.1, -0.05) is 12.1 Å². The number of hydrogen-bond donors (Lipinski definition) is 0. The Morgan fingerprint density at radius 2 is 1.24 bits per heavy atom. The van der Waals surface area contributed by atoms with Crippen LogP contribution in [-0.2, 0) is 18.3 Å². The van der Waals surface area contributed by atoms with Crippen LogP contribution in [0.25, 0.3) is 16.5 Å². The third-order valence-electron chi connectivity index (χ3n) is 4.77. The fourth-order valence-electron chi connectivity index (χ4n) is 3.13. The third-order valence-corrected chi connectivity index (χ3v) is 4.77. The fourth-order valence-corrected chi connectivity index (χ4v) is 3.13. The molecular formula is C21H8F8N8. The van der Waals surface area contributed by atoms with E-state index in [1.165, 1.54) is 6.07 Å². The van der Waals surface area contributed by atoms with Crippen molar-refractivity contribution in [3.8, 4) is 17.7 Å². The van der Waals surface area contributed by atoms with E-state index >= 15 is 8.78 Å². The summed E-state index contributed by atoms with van der Waals surface area (Å²) in [5.41, 5.74) is -6.72. The summed E-state index contributed by atoms with van der Waals surface area (Å²) >= 11 is 0. The van der Waals surface area contributed by atoms with Crippen molar-refractivity contribution in [2.24, 2.45) is 0 Å². The van der Waals surface area contributed by atoms with E-state index in [1.54, 1.807) is 0 Å². The number of halogens is 8. The van der Waals surface area contributed by atoms with Crippen LogP contribution in [0.5, 0.6) is 0 Å². The van der Waals surface area contributed by atoms with Crippen LogP contribution < -0.4 is 0 Å². The molecule has 0 amide bonds. The smallest absolute Gasteiger partial charge is 0.234 e. The summed E-state index contributed by atoms with van der Waals surface area (Å²) in [5, 5.41) is 15.4. The van der Waals surface area contributed by atoms with E-state index in [9.17, 15) is 26.3 Å². The average Bonchev–Trinajstić information content (AvgIpc) is 3.49. The van der Waals surface area contributed by atoms with E-state index in [0.29, 0.717) is 21.8 Å². The molecule has 0 unspecified atom stereocenters. The lowest BCUT2D eigenvalue weighted by Gasteiger charge is -2.17. The summed E-state index contributed by atoms with van der Waals surface area (Å²) in [5.74, 6) is -4.91. The largest absolute Gasteiger partial charge is 0.436 e. The van der Waals surface area contributed by atoms with Gasteiger partial charge in [-0.3, -0.25) is 0 Å². The van der Waals surface area contributed by atoms with Gasteiger partial charge in [0.15, 0.2) is 23.0 Å². The van der Waals surface area contributed by atoms with Crippen molar-refractivity contribution >= 4 is 5.69 Å². The zero-order valence-corrected chi connectivity index (χ0v) is 17.7. The van der Waals surface area contributed by atoms with Crippen LogP contribution in [0.3, 0.4) is 0 Å². The predicted molar refractivity (Wildman–Crippen MR) is 107 cm³/mol. The van der Waals surface area contributed by atoms with Gasteiger partial charge < -0.3 is 0 Å². The maximum absolute atomic E-state index is 15.3. The van der Waals surface area contributed by atoms with Crippen molar-refractivity contribution in [1.82, 2.24) is 29.5 Å². The molecule has 0 aliphatic carbocycles. The Labute approximate surface area is 200 Å². The number of hydrogen-bond acceptors (Lipinski definition) is 5. The topological polar surface area (TPSA) is 89.6 Å². The van der Waals surface area contributed by atoms with Crippen molar-refractivity contribution < 1.29 is 35.1 Å². The Morgan fingerprint density at radius 3 is 1.65 bits per heavy atom. The summed E-state index contributed by atoms with van der Waals surface area (Å²) in [7, 11) is 0. The molecule has 4 rings (SSSR count). The van der Waals surface area contributed by atoms with Gasteiger partial charge in [0.2, 0.25) is 5.69 Å². The molecule has 16 heteroatoms. The van der Waals surface area contributed by atoms with Crippen molar-refractivity contribution in [3.63, 3.8) is 0 Å². The number of nitriles is 1. The first-order valence-corrected chi connectivity index (χ1v) is 9.70. The SMILES string of the molecule is [C-]#[N+]c1cn(-c2cccc(C(F)(F)c3cccc(-n4cc(C#N)c(C(F)(F)F)n4)n3)n2)nc1C(F)(F)F. The molecule has 0 N–H and O–H groups in total. The molecule has 4 heterocycles. The molecule has 0 spiro atoms. The monoisotopic (exact) mass is 524 g/mol. The second-order valence-electron chi connectivity index (χ2n) is 7.20. The zero-order chi connectivity index (χ0) is 27.2. The lowest BCUT2D eigenvalue weighted by atomic mass is 10.1. The molecule has 4 aromatic heterocycles. The van der Waals surface area contributed by atoms with Crippen LogP contribution in [-0.4, -0.2) is 29.5 Å². The molecule has 0 saturated carbocycles. The first-order valence-electron chi connectivity index (χ1n) is 9.70. The first kappa shape index (κ1) is 25.2. The zero-order valence-electron chi connectivity index (χ0n) is 17.7. The van der Waals surface area contributed by atoms with Gasteiger partial charge in [0.1, 0.15) is 23.0 Å².